The summed E-state index contributed by atoms with van der Waals surface area (Å²) in [6.45, 7) is 0. The normalized spacial score (nSPS) is 14.2. The molecule has 0 spiro atoms. The average Bonchev–Trinajstić information content (AvgIpc) is 2.96. The molecular weight excluding hydrogens is 260 g/mol. The Kier molecular flexibility index (Phi) is 2.45. The number of hydrogen-bond acceptors (Lipinski definition) is 6. The van der Waals surface area contributed by atoms with Gasteiger partial charge in [0.2, 0.25) is 5.16 Å². The van der Waals surface area contributed by atoms with Crippen molar-refractivity contribution in [3.05, 3.63) is 17.5 Å². The predicted octanol–water partition coefficient (Wildman–Crippen LogP) is 1.40. The van der Waals surface area contributed by atoms with Gasteiger partial charge < -0.3 is 5.11 Å². The highest BCUT2D eigenvalue weighted by Crippen LogP contribution is 2.29. The second-order valence-corrected chi connectivity index (χ2v) is 5.13. The van der Waals surface area contributed by atoms with E-state index in [9.17, 15) is 4.79 Å². The first kappa shape index (κ1) is 10.5. The van der Waals surface area contributed by atoms with Crippen LogP contribution in [0.4, 0.5) is 0 Å². The average molecular weight is 266 g/mol. The van der Waals surface area contributed by atoms with Crippen molar-refractivity contribution in [1.29, 1.82) is 0 Å². The summed E-state index contributed by atoms with van der Waals surface area (Å²) in [5.41, 5.74) is 0.111. The zero-order chi connectivity index (χ0) is 11.8. The molecular formula is C9H6N4O2S2. The van der Waals surface area contributed by atoms with Crippen LogP contribution in [0, 0.1) is 0 Å². The van der Waals surface area contributed by atoms with E-state index in [0.29, 0.717) is 16.7 Å². The van der Waals surface area contributed by atoms with Crippen LogP contribution in [0.25, 0.3) is 10.7 Å². The third-order valence-electron chi connectivity index (χ3n) is 2.16. The number of thioether (sulfide) groups is 1. The fraction of sp³-hybridized carbons (Fsp3) is 0.111. The van der Waals surface area contributed by atoms with Gasteiger partial charge in [0.1, 0.15) is 0 Å². The first-order chi connectivity index (χ1) is 8.25. The van der Waals surface area contributed by atoms with Gasteiger partial charge in [-0.05, 0) is 11.4 Å². The highest BCUT2D eigenvalue weighted by atomic mass is 32.2. The van der Waals surface area contributed by atoms with Crippen molar-refractivity contribution in [1.82, 2.24) is 14.9 Å². The largest absolute Gasteiger partial charge is 0.477 e. The molecule has 8 heteroatoms. The summed E-state index contributed by atoms with van der Waals surface area (Å²) in [5, 5.41) is 23.6. The van der Waals surface area contributed by atoms with Crippen molar-refractivity contribution in [3.8, 4) is 10.7 Å². The minimum Gasteiger partial charge on any atom is -0.477 e. The number of fused-ring (bicyclic) bond motifs is 1. The minimum atomic E-state index is -1.01. The number of carbonyl (C=O) groups is 1. The molecule has 0 aromatic carbocycles. The summed E-state index contributed by atoms with van der Waals surface area (Å²) in [6, 6.07) is 3.80. The second kappa shape index (κ2) is 3.97. The third kappa shape index (κ3) is 1.75. The maximum absolute atomic E-state index is 10.9. The molecule has 0 atom stereocenters. The first-order valence-electron chi connectivity index (χ1n) is 4.69. The van der Waals surface area contributed by atoms with Crippen LogP contribution < -0.4 is 0 Å². The Hall–Kier alpha value is -1.67. The van der Waals surface area contributed by atoms with Gasteiger partial charge in [0.05, 0.1) is 10.6 Å². The fourth-order valence-corrected chi connectivity index (χ4v) is 2.88. The molecule has 3 rings (SSSR count). The lowest BCUT2D eigenvalue weighted by Crippen LogP contribution is -2.21. The Morgan fingerprint density at radius 3 is 3.06 bits per heavy atom. The van der Waals surface area contributed by atoms with Crippen molar-refractivity contribution in [2.45, 2.75) is 5.16 Å². The Balaban J connectivity index is 2.12. The lowest BCUT2D eigenvalue weighted by atomic mass is 10.4. The van der Waals surface area contributed by atoms with E-state index in [1.54, 1.807) is 0 Å². The van der Waals surface area contributed by atoms with Crippen molar-refractivity contribution in [2.75, 3.05) is 5.75 Å². The van der Waals surface area contributed by atoms with Gasteiger partial charge in [-0.2, -0.15) is 9.78 Å². The summed E-state index contributed by atoms with van der Waals surface area (Å²) in [4.78, 5) is 11.8. The van der Waals surface area contributed by atoms with Gasteiger partial charge >= 0.3 is 5.97 Å². The summed E-state index contributed by atoms with van der Waals surface area (Å²) in [7, 11) is 0. The van der Waals surface area contributed by atoms with Crippen molar-refractivity contribution in [2.24, 2.45) is 5.10 Å². The number of aromatic nitrogens is 3. The van der Waals surface area contributed by atoms with Gasteiger partial charge in [0.15, 0.2) is 11.5 Å². The molecule has 3 heterocycles. The Morgan fingerprint density at radius 2 is 2.35 bits per heavy atom. The van der Waals surface area contributed by atoms with Crippen LogP contribution >= 0.6 is 23.1 Å². The molecule has 0 unspecified atom stereocenters. The van der Waals surface area contributed by atoms with Crippen molar-refractivity contribution >= 4 is 34.8 Å². The number of nitrogens with zero attached hydrogens (tertiary/aromatic N) is 4. The number of thiophene rings is 1. The van der Waals surface area contributed by atoms with E-state index in [-0.39, 0.29) is 5.71 Å². The summed E-state index contributed by atoms with van der Waals surface area (Å²) >= 11 is 2.84. The number of carboxylic acid groups (broad SMARTS) is 1. The van der Waals surface area contributed by atoms with Crippen LogP contribution in [-0.4, -0.2) is 37.4 Å². The molecule has 0 amide bonds. The van der Waals surface area contributed by atoms with Gasteiger partial charge in [0.25, 0.3) is 0 Å². The van der Waals surface area contributed by atoms with Crippen LogP contribution in [0.1, 0.15) is 0 Å². The molecule has 2 aromatic heterocycles. The van der Waals surface area contributed by atoms with Crippen LogP contribution in [0.15, 0.2) is 27.8 Å². The second-order valence-electron chi connectivity index (χ2n) is 3.24. The van der Waals surface area contributed by atoms with Crippen LogP contribution in [0.5, 0.6) is 0 Å². The minimum absolute atomic E-state index is 0.111. The van der Waals surface area contributed by atoms with Crippen LogP contribution in [-0.2, 0) is 4.79 Å². The van der Waals surface area contributed by atoms with E-state index in [0.717, 1.165) is 4.88 Å². The van der Waals surface area contributed by atoms with Gasteiger partial charge in [0, 0.05) is 0 Å². The highest BCUT2D eigenvalue weighted by molar-refractivity contribution is 8.00. The Labute approximate surface area is 104 Å². The van der Waals surface area contributed by atoms with Gasteiger partial charge in [-0.1, -0.05) is 17.8 Å². The Bertz CT molecular complexity index is 603. The SMILES string of the molecule is O=C(O)C1=Nn2c(nnc2-c2cccs2)SC1. The first-order valence-corrected chi connectivity index (χ1v) is 6.55. The molecule has 0 saturated carbocycles. The van der Waals surface area contributed by atoms with E-state index < -0.39 is 5.97 Å². The summed E-state index contributed by atoms with van der Waals surface area (Å²) in [6.07, 6.45) is 0. The van der Waals surface area contributed by atoms with E-state index in [4.69, 9.17) is 5.11 Å². The number of hydrogen-bond donors (Lipinski definition) is 1. The third-order valence-corrected chi connectivity index (χ3v) is 3.96. The van der Waals surface area contributed by atoms with Crippen LogP contribution in [0.3, 0.4) is 0 Å². The zero-order valence-corrected chi connectivity index (χ0v) is 10.0. The van der Waals surface area contributed by atoms with E-state index in [2.05, 4.69) is 15.3 Å². The molecule has 2 aromatic rings. The van der Waals surface area contributed by atoms with E-state index in [1.807, 2.05) is 17.5 Å². The molecule has 1 N–H and O–H groups in total. The molecule has 0 radical (unpaired) electrons. The predicted molar refractivity (Wildman–Crippen MR) is 64.5 cm³/mol. The molecule has 0 saturated heterocycles. The maximum Gasteiger partial charge on any atom is 0.352 e. The van der Waals surface area contributed by atoms with Gasteiger partial charge in [-0.3, -0.25) is 0 Å². The number of carboxylic acids is 1. The molecule has 0 fully saturated rings. The van der Waals surface area contributed by atoms with Gasteiger partial charge in [-0.15, -0.1) is 21.5 Å². The topological polar surface area (TPSA) is 80.4 Å². The van der Waals surface area contributed by atoms with Crippen LogP contribution in [0.2, 0.25) is 0 Å². The molecule has 0 bridgehead atoms. The lowest BCUT2D eigenvalue weighted by molar-refractivity contribution is -0.129. The van der Waals surface area contributed by atoms with Gasteiger partial charge in [-0.25, -0.2) is 4.79 Å². The fourth-order valence-electron chi connectivity index (χ4n) is 1.39. The summed E-state index contributed by atoms with van der Waals surface area (Å²) in [5.74, 6) is -0.104. The van der Waals surface area contributed by atoms with Crippen molar-refractivity contribution in [3.63, 3.8) is 0 Å². The smallest absolute Gasteiger partial charge is 0.352 e. The summed E-state index contributed by atoms with van der Waals surface area (Å²) < 4.78 is 1.49. The monoisotopic (exact) mass is 266 g/mol. The maximum atomic E-state index is 10.9. The van der Waals surface area contributed by atoms with Crippen molar-refractivity contribution < 1.29 is 9.90 Å². The molecule has 1 aliphatic heterocycles. The highest BCUT2D eigenvalue weighted by Gasteiger charge is 2.23. The molecule has 6 nitrogen and oxygen atoms in total. The van der Waals surface area contributed by atoms with E-state index >= 15 is 0 Å². The zero-order valence-electron chi connectivity index (χ0n) is 8.40. The quantitative estimate of drug-likeness (QED) is 0.888. The standard InChI is InChI=1S/C9H6N4O2S2/c14-8(15)5-4-17-9-11-10-7(13(9)12-5)6-2-1-3-16-6/h1-3H,4H2,(H,14,15). The Morgan fingerprint density at radius 1 is 1.47 bits per heavy atom. The number of rotatable bonds is 2. The lowest BCUT2D eigenvalue weighted by Gasteiger charge is -2.09. The number of aliphatic carboxylic acids is 1. The molecule has 0 aliphatic carbocycles. The molecule has 1 aliphatic rings. The van der Waals surface area contributed by atoms with E-state index in [1.165, 1.54) is 27.8 Å². The molecule has 17 heavy (non-hydrogen) atoms. The molecule has 86 valence electrons.